The number of amides is 1. The lowest BCUT2D eigenvalue weighted by Gasteiger charge is -2.24. The number of aliphatic carboxylic acids is 1. The van der Waals surface area contributed by atoms with Crippen molar-refractivity contribution < 1.29 is 14.7 Å². The Balaban J connectivity index is 2.48. The van der Waals surface area contributed by atoms with Crippen molar-refractivity contribution in [2.24, 2.45) is 5.92 Å². The largest absolute Gasteiger partial charge is 0.480 e. The highest BCUT2D eigenvalue weighted by atomic mass is 32.2. The van der Waals surface area contributed by atoms with Gasteiger partial charge in [0.1, 0.15) is 6.04 Å². The maximum atomic E-state index is 12.2. The van der Waals surface area contributed by atoms with Crippen molar-refractivity contribution in [3.63, 3.8) is 0 Å². The van der Waals surface area contributed by atoms with Gasteiger partial charge in [-0.05, 0) is 69.1 Å². The lowest BCUT2D eigenvalue weighted by atomic mass is 9.94. The monoisotopic (exact) mass is 564 g/mol. The predicted molar refractivity (Wildman–Crippen MR) is 169 cm³/mol. The number of thioether (sulfide) groups is 1. The number of carbonyl (C=O) groups excluding carboxylic acids is 1. The summed E-state index contributed by atoms with van der Waals surface area (Å²) in [4.78, 5) is 25.3. The van der Waals surface area contributed by atoms with Gasteiger partial charge in [-0.3, -0.25) is 9.59 Å². The molecule has 1 aromatic rings. The fourth-order valence-corrected chi connectivity index (χ4v) is 5.73. The number of unbranched alkanes of at least 4 members (excludes halogenated alkanes) is 9. The molecule has 0 aliphatic carbocycles. The number of allylic oxidation sites excluding steroid dienone is 2. The Hall–Kier alpha value is -1.60. The minimum atomic E-state index is -1.03. The van der Waals surface area contributed by atoms with Crippen LogP contribution in [0.4, 0.5) is 5.69 Å². The second kappa shape index (κ2) is 21.2. The van der Waals surface area contributed by atoms with Crippen LogP contribution in [0.5, 0.6) is 0 Å². The molecule has 216 valence electrons. The molecule has 0 aliphatic rings. The van der Waals surface area contributed by atoms with E-state index in [9.17, 15) is 9.59 Å². The number of rotatable bonds is 22. The van der Waals surface area contributed by atoms with Crippen molar-refractivity contribution in [3.05, 3.63) is 42.0 Å². The number of carboxylic acid groups (broad SMARTS) is 1. The maximum Gasteiger partial charge on any atom is 0.325 e. The average molecular weight is 565 g/mol. The SMILES string of the molecule is CCCCCCCCC=CCCCCCC(Cc1ccc(N(C)C)cc1)C(S)SCC(=O)N[C@H](C)C(=O)O. The molecule has 1 amide bonds. The van der Waals surface area contributed by atoms with Gasteiger partial charge in [-0.1, -0.05) is 76.2 Å². The zero-order valence-electron chi connectivity index (χ0n) is 24.2. The first-order chi connectivity index (χ1) is 18.2. The summed E-state index contributed by atoms with van der Waals surface area (Å²) in [5, 5.41) is 11.6. The molecule has 0 fully saturated rings. The van der Waals surface area contributed by atoms with Crippen LogP contribution in [0.2, 0.25) is 0 Å². The normalized spacial score (nSPS) is 13.8. The fourth-order valence-electron chi connectivity index (χ4n) is 4.34. The summed E-state index contributed by atoms with van der Waals surface area (Å²) in [6.07, 6.45) is 20.7. The number of hydrogen-bond donors (Lipinski definition) is 3. The first-order valence-corrected chi connectivity index (χ1v) is 16.0. The predicted octanol–water partition coefficient (Wildman–Crippen LogP) is 7.75. The molecule has 5 nitrogen and oxygen atoms in total. The molecule has 2 N–H and O–H groups in total. The molecule has 0 spiro atoms. The van der Waals surface area contributed by atoms with E-state index in [1.54, 1.807) is 0 Å². The standard InChI is InChI=1S/C31H52N2O3S2/c1-5-6-7-8-9-10-11-12-13-14-15-16-17-18-27(23-26-19-21-28(22-20-26)33(3)4)31(37)38-24-29(34)32-25(2)30(35)36/h12-13,19-22,25,27,31,37H,5-11,14-18,23-24H2,1-4H3,(H,32,34)(H,35,36)/t25-,27?,31?/m1/s1. The molecule has 0 bridgehead atoms. The van der Waals surface area contributed by atoms with Gasteiger partial charge < -0.3 is 15.3 Å². The van der Waals surface area contributed by atoms with Gasteiger partial charge in [-0.25, -0.2) is 0 Å². The fraction of sp³-hybridized carbons (Fsp3) is 0.677. The Morgan fingerprint density at radius 1 is 0.974 bits per heavy atom. The number of hydrogen-bond acceptors (Lipinski definition) is 5. The van der Waals surface area contributed by atoms with Gasteiger partial charge in [0, 0.05) is 19.8 Å². The van der Waals surface area contributed by atoms with Crippen LogP contribution in [0.1, 0.15) is 96.5 Å². The van der Waals surface area contributed by atoms with Crippen LogP contribution in [0, 0.1) is 5.92 Å². The van der Waals surface area contributed by atoms with Crippen molar-refractivity contribution >= 4 is 42.0 Å². The summed E-state index contributed by atoms with van der Waals surface area (Å²) in [5.41, 5.74) is 2.46. The second-order valence-electron chi connectivity index (χ2n) is 10.5. The third kappa shape index (κ3) is 16.4. The zero-order valence-corrected chi connectivity index (χ0v) is 25.9. The van der Waals surface area contributed by atoms with E-state index in [1.165, 1.54) is 87.7 Å². The minimum absolute atomic E-state index is 0.00614. The van der Waals surface area contributed by atoms with E-state index in [1.807, 2.05) is 14.1 Å². The van der Waals surface area contributed by atoms with Gasteiger partial charge in [-0.15, -0.1) is 11.8 Å². The smallest absolute Gasteiger partial charge is 0.325 e. The van der Waals surface area contributed by atoms with Crippen molar-refractivity contribution in [2.75, 3.05) is 24.7 Å². The van der Waals surface area contributed by atoms with Gasteiger partial charge in [-0.2, -0.15) is 12.6 Å². The summed E-state index contributed by atoms with van der Waals surface area (Å²) in [6, 6.07) is 7.77. The average Bonchev–Trinajstić information content (AvgIpc) is 2.89. The third-order valence-electron chi connectivity index (χ3n) is 6.82. The van der Waals surface area contributed by atoms with Crippen molar-refractivity contribution in [2.45, 2.75) is 108 Å². The third-order valence-corrected chi connectivity index (χ3v) is 8.85. The van der Waals surface area contributed by atoms with Crippen LogP contribution in [-0.2, 0) is 16.0 Å². The van der Waals surface area contributed by atoms with E-state index in [4.69, 9.17) is 17.7 Å². The summed E-state index contributed by atoms with van der Waals surface area (Å²) < 4.78 is 0.00614. The molecule has 0 radical (unpaired) electrons. The van der Waals surface area contributed by atoms with Gasteiger partial charge in [0.05, 0.1) is 10.3 Å². The molecule has 7 heteroatoms. The van der Waals surface area contributed by atoms with E-state index in [-0.39, 0.29) is 16.2 Å². The Morgan fingerprint density at radius 2 is 1.55 bits per heavy atom. The van der Waals surface area contributed by atoms with Crippen molar-refractivity contribution in [3.8, 4) is 0 Å². The molecule has 1 aromatic carbocycles. The number of nitrogens with zero attached hydrogens (tertiary/aromatic N) is 1. The maximum absolute atomic E-state index is 12.2. The highest BCUT2D eigenvalue weighted by Gasteiger charge is 2.21. The van der Waals surface area contributed by atoms with E-state index < -0.39 is 12.0 Å². The van der Waals surface area contributed by atoms with Gasteiger partial charge in [0.25, 0.3) is 0 Å². The summed E-state index contributed by atoms with van der Waals surface area (Å²) >= 11 is 6.38. The summed E-state index contributed by atoms with van der Waals surface area (Å²) in [5.74, 6) is -0.736. The van der Waals surface area contributed by atoms with E-state index in [0.717, 1.165) is 25.7 Å². The summed E-state index contributed by atoms with van der Waals surface area (Å²) in [6.45, 7) is 3.74. The number of benzene rings is 1. The van der Waals surface area contributed by atoms with E-state index >= 15 is 0 Å². The van der Waals surface area contributed by atoms with Crippen LogP contribution in [0.25, 0.3) is 0 Å². The van der Waals surface area contributed by atoms with E-state index in [2.05, 4.69) is 53.6 Å². The first kappa shape index (κ1) is 34.4. The highest BCUT2D eigenvalue weighted by molar-refractivity contribution is 8.10. The Morgan fingerprint density at radius 3 is 2.13 bits per heavy atom. The topological polar surface area (TPSA) is 69.6 Å². The number of carboxylic acids is 1. The van der Waals surface area contributed by atoms with Crippen molar-refractivity contribution in [1.82, 2.24) is 5.32 Å². The molecule has 0 saturated carbocycles. The van der Waals surface area contributed by atoms with Crippen LogP contribution >= 0.6 is 24.4 Å². The molecule has 0 saturated heterocycles. The van der Waals surface area contributed by atoms with Gasteiger partial charge in [0.2, 0.25) is 5.91 Å². The van der Waals surface area contributed by atoms with Crippen LogP contribution in [-0.4, -0.2) is 47.5 Å². The second-order valence-corrected chi connectivity index (χ2v) is 12.6. The number of nitrogens with one attached hydrogen (secondary N) is 1. The Kier molecular flexibility index (Phi) is 19.3. The Labute approximate surface area is 242 Å². The molecule has 0 aromatic heterocycles. The quantitative estimate of drug-likeness (QED) is 0.0581. The van der Waals surface area contributed by atoms with Crippen LogP contribution in [0.3, 0.4) is 0 Å². The van der Waals surface area contributed by atoms with E-state index in [0.29, 0.717) is 5.92 Å². The number of thiol groups is 1. The number of carbonyl (C=O) groups is 2. The Bertz CT molecular complexity index is 799. The van der Waals surface area contributed by atoms with Crippen LogP contribution in [0.15, 0.2) is 36.4 Å². The first-order valence-electron chi connectivity index (χ1n) is 14.5. The lowest BCUT2D eigenvalue weighted by molar-refractivity contribution is -0.140. The van der Waals surface area contributed by atoms with Gasteiger partial charge in [0.15, 0.2) is 0 Å². The molecular weight excluding hydrogens is 512 g/mol. The molecule has 1 rings (SSSR count). The molecular formula is C31H52N2O3S2. The molecule has 0 heterocycles. The molecule has 3 atom stereocenters. The van der Waals surface area contributed by atoms with Crippen LogP contribution < -0.4 is 10.2 Å². The zero-order chi connectivity index (χ0) is 28.2. The molecule has 0 aliphatic heterocycles. The highest BCUT2D eigenvalue weighted by Crippen LogP contribution is 2.31. The summed E-state index contributed by atoms with van der Waals surface area (Å²) in [7, 11) is 4.08. The number of anilines is 1. The minimum Gasteiger partial charge on any atom is -0.480 e. The lowest BCUT2D eigenvalue weighted by Crippen LogP contribution is -2.39. The molecule has 2 unspecified atom stereocenters. The van der Waals surface area contributed by atoms with Crippen molar-refractivity contribution in [1.29, 1.82) is 0 Å². The molecule has 38 heavy (non-hydrogen) atoms. The van der Waals surface area contributed by atoms with Gasteiger partial charge >= 0.3 is 5.97 Å².